The van der Waals surface area contributed by atoms with Crippen LogP contribution in [0.3, 0.4) is 0 Å². The van der Waals surface area contributed by atoms with Gasteiger partial charge in [0, 0.05) is 12.6 Å². The molecule has 1 atom stereocenters. The van der Waals surface area contributed by atoms with Crippen LogP contribution in [-0.2, 0) is 10.0 Å². The third kappa shape index (κ3) is 2.56. The van der Waals surface area contributed by atoms with Gasteiger partial charge in [-0.15, -0.1) is 0 Å². The summed E-state index contributed by atoms with van der Waals surface area (Å²) in [7, 11) is -2.29. The zero-order valence-electron chi connectivity index (χ0n) is 8.88. The van der Waals surface area contributed by atoms with Crippen LogP contribution >= 0.6 is 0 Å². The van der Waals surface area contributed by atoms with Crippen molar-refractivity contribution in [3.8, 4) is 6.07 Å². The Labute approximate surface area is 94.0 Å². The van der Waals surface area contributed by atoms with E-state index in [2.05, 4.69) is 0 Å². The van der Waals surface area contributed by atoms with Gasteiger partial charge in [-0.1, -0.05) is 18.2 Å². The van der Waals surface area contributed by atoms with Gasteiger partial charge in [-0.25, -0.2) is 12.8 Å². The van der Waals surface area contributed by atoms with Crippen LogP contribution in [0.25, 0.3) is 0 Å². The minimum absolute atomic E-state index is 0.0536. The Bertz CT molecular complexity index is 522. The Morgan fingerprint density at radius 1 is 1.44 bits per heavy atom. The summed E-state index contributed by atoms with van der Waals surface area (Å²) in [6.45, 7) is 0. The molecule has 1 rings (SSSR count). The van der Waals surface area contributed by atoms with Crippen LogP contribution < -0.4 is 0 Å². The van der Waals surface area contributed by atoms with E-state index in [1.54, 1.807) is 12.1 Å². The van der Waals surface area contributed by atoms with Gasteiger partial charge in [-0.3, -0.25) is 0 Å². The maximum Gasteiger partial charge on any atom is 0.212 e. The van der Waals surface area contributed by atoms with E-state index in [9.17, 15) is 12.8 Å². The summed E-state index contributed by atoms with van der Waals surface area (Å²) in [5.41, 5.74) is 0.0536. The van der Waals surface area contributed by atoms with Crippen LogP contribution in [0.4, 0.5) is 4.39 Å². The molecular formula is C10H11FN2O2S. The largest absolute Gasteiger partial charge is 0.212 e. The Kier molecular flexibility index (Phi) is 3.62. The fourth-order valence-corrected chi connectivity index (χ4v) is 1.78. The molecule has 0 aliphatic heterocycles. The number of rotatable bonds is 3. The molecule has 4 nitrogen and oxygen atoms in total. The van der Waals surface area contributed by atoms with E-state index in [1.165, 1.54) is 25.2 Å². The second-order valence-corrected chi connectivity index (χ2v) is 5.37. The first kappa shape index (κ1) is 12.6. The number of hydrogen-bond acceptors (Lipinski definition) is 3. The molecule has 0 aromatic heterocycles. The number of nitriles is 1. The lowest BCUT2D eigenvalue weighted by Gasteiger charge is -2.20. The van der Waals surface area contributed by atoms with Crippen LogP contribution in [-0.4, -0.2) is 26.0 Å². The van der Waals surface area contributed by atoms with Crippen molar-refractivity contribution in [3.05, 3.63) is 35.6 Å². The van der Waals surface area contributed by atoms with E-state index in [0.717, 1.165) is 10.6 Å². The Hall–Kier alpha value is -1.45. The minimum atomic E-state index is -3.53. The first-order chi connectivity index (χ1) is 7.38. The summed E-state index contributed by atoms with van der Waals surface area (Å²) in [6, 6.07) is 6.25. The van der Waals surface area contributed by atoms with E-state index in [0.29, 0.717) is 0 Å². The molecule has 0 aliphatic rings. The summed E-state index contributed by atoms with van der Waals surface area (Å²) in [4.78, 5) is 0. The minimum Gasteiger partial charge on any atom is -0.212 e. The Morgan fingerprint density at radius 3 is 2.44 bits per heavy atom. The highest BCUT2D eigenvalue weighted by Gasteiger charge is 2.25. The molecule has 1 aromatic rings. The van der Waals surface area contributed by atoms with Crippen molar-refractivity contribution in [2.24, 2.45) is 0 Å². The van der Waals surface area contributed by atoms with Gasteiger partial charge in [0.25, 0.3) is 0 Å². The smallest absolute Gasteiger partial charge is 0.212 e. The zero-order chi connectivity index (χ0) is 12.3. The summed E-state index contributed by atoms with van der Waals surface area (Å²) in [5.74, 6) is -0.593. The number of sulfonamides is 1. The molecule has 0 N–H and O–H groups in total. The first-order valence-corrected chi connectivity index (χ1v) is 6.30. The molecule has 0 saturated carbocycles. The van der Waals surface area contributed by atoms with Crippen LogP contribution in [0.5, 0.6) is 0 Å². The highest BCUT2D eigenvalue weighted by atomic mass is 32.2. The molecule has 1 unspecified atom stereocenters. The highest BCUT2D eigenvalue weighted by molar-refractivity contribution is 7.88. The van der Waals surface area contributed by atoms with Gasteiger partial charge in [0.2, 0.25) is 10.0 Å². The van der Waals surface area contributed by atoms with Crippen LogP contribution in [0.1, 0.15) is 11.6 Å². The molecule has 6 heteroatoms. The number of benzene rings is 1. The van der Waals surface area contributed by atoms with Crippen molar-refractivity contribution in [1.29, 1.82) is 5.26 Å². The van der Waals surface area contributed by atoms with E-state index >= 15 is 0 Å². The van der Waals surface area contributed by atoms with E-state index in [1.807, 2.05) is 0 Å². The number of nitrogens with zero attached hydrogens (tertiary/aromatic N) is 2. The van der Waals surface area contributed by atoms with Gasteiger partial charge in [0.15, 0.2) is 0 Å². The number of halogens is 1. The van der Waals surface area contributed by atoms with Gasteiger partial charge in [-0.2, -0.15) is 9.57 Å². The lowest BCUT2D eigenvalue weighted by molar-refractivity contribution is 0.425. The maximum absolute atomic E-state index is 13.4. The highest BCUT2D eigenvalue weighted by Crippen LogP contribution is 2.23. The lowest BCUT2D eigenvalue weighted by atomic mass is 10.1. The first-order valence-electron chi connectivity index (χ1n) is 4.45. The van der Waals surface area contributed by atoms with Crippen LogP contribution in [0, 0.1) is 17.1 Å². The Balaban J connectivity index is 3.21. The van der Waals surface area contributed by atoms with E-state index in [4.69, 9.17) is 5.26 Å². The monoisotopic (exact) mass is 242 g/mol. The fraction of sp³-hybridized carbons (Fsp3) is 0.300. The fourth-order valence-electron chi connectivity index (χ4n) is 1.24. The molecule has 0 aliphatic carbocycles. The molecular weight excluding hydrogens is 231 g/mol. The van der Waals surface area contributed by atoms with Gasteiger partial charge in [0.05, 0.1) is 12.3 Å². The molecule has 86 valence electrons. The summed E-state index contributed by atoms with van der Waals surface area (Å²) in [5, 5.41) is 8.91. The summed E-state index contributed by atoms with van der Waals surface area (Å²) >= 11 is 0. The van der Waals surface area contributed by atoms with Gasteiger partial charge in [-0.05, 0) is 6.07 Å². The molecule has 0 bridgehead atoms. The normalized spacial score (nSPS) is 13.4. The lowest BCUT2D eigenvalue weighted by Crippen LogP contribution is -2.30. The van der Waals surface area contributed by atoms with Crippen molar-refractivity contribution in [2.45, 2.75) is 6.04 Å². The molecule has 1 aromatic carbocycles. The molecule has 0 fully saturated rings. The van der Waals surface area contributed by atoms with E-state index < -0.39 is 21.9 Å². The summed E-state index contributed by atoms with van der Waals surface area (Å²) in [6.07, 6.45) is 0.970. The van der Waals surface area contributed by atoms with Crippen molar-refractivity contribution >= 4 is 10.0 Å². The predicted molar refractivity (Wildman–Crippen MR) is 57.4 cm³/mol. The second-order valence-electron chi connectivity index (χ2n) is 3.33. The van der Waals surface area contributed by atoms with Crippen LogP contribution in [0.15, 0.2) is 24.3 Å². The number of hydrogen-bond donors (Lipinski definition) is 0. The quantitative estimate of drug-likeness (QED) is 0.802. The molecule has 0 heterocycles. The second kappa shape index (κ2) is 4.60. The average molecular weight is 242 g/mol. The maximum atomic E-state index is 13.4. The third-order valence-electron chi connectivity index (χ3n) is 2.21. The van der Waals surface area contributed by atoms with E-state index in [-0.39, 0.29) is 5.56 Å². The molecule has 16 heavy (non-hydrogen) atoms. The third-order valence-corrected chi connectivity index (χ3v) is 3.47. The predicted octanol–water partition coefficient (Wildman–Crippen LogP) is 1.28. The topological polar surface area (TPSA) is 61.2 Å². The van der Waals surface area contributed by atoms with Gasteiger partial charge in [0.1, 0.15) is 11.9 Å². The van der Waals surface area contributed by atoms with Crippen molar-refractivity contribution in [2.75, 3.05) is 13.3 Å². The molecule has 0 spiro atoms. The summed E-state index contributed by atoms with van der Waals surface area (Å²) < 4.78 is 36.8. The molecule has 0 amide bonds. The van der Waals surface area contributed by atoms with Crippen molar-refractivity contribution < 1.29 is 12.8 Å². The van der Waals surface area contributed by atoms with Crippen molar-refractivity contribution in [1.82, 2.24) is 4.31 Å². The average Bonchev–Trinajstić information content (AvgIpc) is 2.20. The molecule has 0 radical (unpaired) electrons. The SMILES string of the molecule is CN(C(C#N)c1ccccc1F)S(C)(=O)=O. The van der Waals surface area contributed by atoms with Crippen molar-refractivity contribution in [3.63, 3.8) is 0 Å². The molecule has 0 saturated heterocycles. The zero-order valence-corrected chi connectivity index (χ0v) is 9.70. The Morgan fingerprint density at radius 2 is 2.00 bits per heavy atom. The van der Waals surface area contributed by atoms with Gasteiger partial charge >= 0.3 is 0 Å². The standard InChI is InChI=1S/C10H11FN2O2S/c1-13(16(2,14)15)10(7-12)8-5-3-4-6-9(8)11/h3-6,10H,1-2H3. The van der Waals surface area contributed by atoms with Crippen LogP contribution in [0.2, 0.25) is 0 Å². The van der Waals surface area contributed by atoms with Gasteiger partial charge < -0.3 is 0 Å².